The number of hydrogen-bond acceptors (Lipinski definition) is 5. The van der Waals surface area contributed by atoms with Gasteiger partial charge in [0.15, 0.2) is 5.16 Å². The first-order valence-corrected chi connectivity index (χ1v) is 8.10. The van der Waals surface area contributed by atoms with Crippen LogP contribution in [-0.4, -0.2) is 21.1 Å². The van der Waals surface area contributed by atoms with Crippen LogP contribution in [0.25, 0.3) is 0 Å². The van der Waals surface area contributed by atoms with Crippen molar-refractivity contribution in [2.24, 2.45) is 0 Å². The van der Waals surface area contributed by atoms with Gasteiger partial charge in [0.2, 0.25) is 0 Å². The lowest BCUT2D eigenvalue weighted by Gasteiger charge is -2.05. The van der Waals surface area contributed by atoms with E-state index < -0.39 is 0 Å². The average Bonchev–Trinajstić information content (AvgIpc) is 3.20. The van der Waals surface area contributed by atoms with Crippen molar-refractivity contribution in [1.82, 2.24) is 15.2 Å². The third kappa shape index (κ3) is 3.71. The molecule has 21 heavy (non-hydrogen) atoms. The number of hydrogen-bond donors (Lipinski definition) is 2. The van der Waals surface area contributed by atoms with Crippen LogP contribution in [0.15, 0.2) is 53.3 Å². The monoisotopic (exact) mass is 316 g/mol. The molecule has 2 aromatic heterocycles. The summed E-state index contributed by atoms with van der Waals surface area (Å²) in [6.07, 6.45) is 1.49. The van der Waals surface area contributed by atoms with Gasteiger partial charge in [0.25, 0.3) is 5.91 Å². The Morgan fingerprint density at radius 3 is 2.81 bits per heavy atom. The lowest BCUT2D eigenvalue weighted by molar-refractivity contribution is 0.103. The summed E-state index contributed by atoms with van der Waals surface area (Å²) in [5.41, 5.74) is 1.95. The Labute approximate surface area is 129 Å². The lowest BCUT2D eigenvalue weighted by atomic mass is 10.2. The van der Waals surface area contributed by atoms with Crippen LogP contribution in [0.2, 0.25) is 0 Å². The molecule has 0 unspecified atom stereocenters. The number of rotatable bonds is 5. The maximum absolute atomic E-state index is 11.9. The van der Waals surface area contributed by atoms with Crippen LogP contribution in [0.1, 0.15) is 15.2 Å². The number of carbonyl (C=O) groups excluding carboxylic acids is 1. The van der Waals surface area contributed by atoms with Gasteiger partial charge in [-0.15, -0.1) is 11.3 Å². The summed E-state index contributed by atoms with van der Waals surface area (Å²) in [7, 11) is 0. The topological polar surface area (TPSA) is 70.7 Å². The summed E-state index contributed by atoms with van der Waals surface area (Å²) in [5.74, 6) is 0.725. The van der Waals surface area contributed by atoms with Crippen LogP contribution in [0.3, 0.4) is 0 Å². The van der Waals surface area contributed by atoms with Crippen molar-refractivity contribution in [3.05, 3.63) is 58.5 Å². The third-order valence-corrected chi connectivity index (χ3v) is 4.54. The van der Waals surface area contributed by atoms with Crippen LogP contribution in [0, 0.1) is 0 Å². The molecular formula is C14H12N4OS2. The van der Waals surface area contributed by atoms with E-state index in [2.05, 4.69) is 20.5 Å². The number of benzene rings is 1. The fraction of sp³-hybridized carbons (Fsp3) is 0.0714. The summed E-state index contributed by atoms with van der Waals surface area (Å²) in [4.78, 5) is 16.7. The van der Waals surface area contributed by atoms with Crippen LogP contribution < -0.4 is 5.32 Å². The van der Waals surface area contributed by atoms with Crippen LogP contribution in [0.5, 0.6) is 0 Å². The molecule has 0 aliphatic carbocycles. The van der Waals surface area contributed by atoms with E-state index >= 15 is 0 Å². The van der Waals surface area contributed by atoms with E-state index in [1.807, 2.05) is 41.8 Å². The maximum Gasteiger partial charge on any atom is 0.265 e. The SMILES string of the molecule is O=C(Nc1ccc(CSc2ncn[nH]2)cc1)c1cccs1. The van der Waals surface area contributed by atoms with Crippen molar-refractivity contribution < 1.29 is 4.79 Å². The van der Waals surface area contributed by atoms with Crippen molar-refractivity contribution >= 4 is 34.7 Å². The molecule has 0 atom stereocenters. The first-order valence-electron chi connectivity index (χ1n) is 6.23. The Balaban J connectivity index is 1.57. The lowest BCUT2D eigenvalue weighted by Crippen LogP contribution is -2.09. The van der Waals surface area contributed by atoms with Gasteiger partial charge in [-0.1, -0.05) is 30.0 Å². The van der Waals surface area contributed by atoms with Crippen molar-refractivity contribution in [3.8, 4) is 0 Å². The molecule has 0 aliphatic heterocycles. The highest BCUT2D eigenvalue weighted by Gasteiger charge is 2.06. The molecule has 3 rings (SSSR count). The number of nitrogens with zero attached hydrogens (tertiary/aromatic N) is 2. The van der Waals surface area contributed by atoms with Crippen molar-refractivity contribution in [1.29, 1.82) is 0 Å². The van der Waals surface area contributed by atoms with Crippen LogP contribution >= 0.6 is 23.1 Å². The Kier molecular flexibility index (Phi) is 4.32. The number of nitrogens with one attached hydrogen (secondary N) is 2. The molecule has 0 radical (unpaired) electrons. The molecule has 0 fully saturated rings. The van der Waals surface area contributed by atoms with Crippen molar-refractivity contribution in [2.45, 2.75) is 10.9 Å². The second kappa shape index (κ2) is 6.55. The van der Waals surface area contributed by atoms with E-state index in [9.17, 15) is 4.79 Å². The number of aromatic nitrogens is 3. The molecule has 0 spiro atoms. The van der Waals surface area contributed by atoms with Crippen molar-refractivity contribution in [3.63, 3.8) is 0 Å². The minimum atomic E-state index is -0.0752. The average molecular weight is 316 g/mol. The second-order valence-electron chi connectivity index (χ2n) is 4.21. The Hall–Kier alpha value is -2.12. The minimum Gasteiger partial charge on any atom is -0.321 e. The Morgan fingerprint density at radius 2 is 2.14 bits per heavy atom. The number of H-pyrrole nitrogens is 1. The van der Waals surface area contributed by atoms with Gasteiger partial charge in [0.05, 0.1) is 4.88 Å². The normalized spacial score (nSPS) is 10.5. The molecule has 0 saturated carbocycles. The maximum atomic E-state index is 11.9. The molecule has 2 heterocycles. The highest BCUT2D eigenvalue weighted by Crippen LogP contribution is 2.20. The molecule has 7 heteroatoms. The number of aromatic amines is 1. The van der Waals surface area contributed by atoms with Crippen LogP contribution in [-0.2, 0) is 5.75 Å². The first kappa shape index (κ1) is 13.8. The van der Waals surface area contributed by atoms with Gasteiger partial charge in [-0.05, 0) is 29.1 Å². The molecule has 1 amide bonds. The van der Waals surface area contributed by atoms with Gasteiger partial charge in [0.1, 0.15) is 6.33 Å². The van der Waals surface area contributed by atoms with E-state index in [0.29, 0.717) is 4.88 Å². The fourth-order valence-corrected chi connectivity index (χ4v) is 3.05. The second-order valence-corrected chi connectivity index (χ2v) is 6.12. The summed E-state index contributed by atoms with van der Waals surface area (Å²) in [6.45, 7) is 0. The highest BCUT2D eigenvalue weighted by atomic mass is 32.2. The largest absolute Gasteiger partial charge is 0.321 e. The number of amides is 1. The quantitative estimate of drug-likeness (QED) is 0.708. The van der Waals surface area contributed by atoms with Gasteiger partial charge in [-0.2, -0.15) is 5.10 Å². The van der Waals surface area contributed by atoms with E-state index in [1.54, 1.807) is 11.8 Å². The van der Waals surface area contributed by atoms with E-state index in [1.165, 1.54) is 17.7 Å². The van der Waals surface area contributed by atoms with E-state index in [-0.39, 0.29) is 5.91 Å². The zero-order chi connectivity index (χ0) is 14.5. The van der Waals surface area contributed by atoms with E-state index in [4.69, 9.17) is 0 Å². The minimum absolute atomic E-state index is 0.0752. The summed E-state index contributed by atoms with van der Waals surface area (Å²) >= 11 is 3.01. The first-order chi connectivity index (χ1) is 10.3. The number of anilines is 1. The molecule has 0 saturated heterocycles. The smallest absolute Gasteiger partial charge is 0.265 e. The molecule has 3 aromatic rings. The van der Waals surface area contributed by atoms with Gasteiger partial charge >= 0.3 is 0 Å². The Bertz CT molecular complexity index is 693. The predicted octanol–water partition coefficient (Wildman–Crippen LogP) is 3.41. The molecule has 0 bridgehead atoms. The summed E-state index contributed by atoms with van der Waals surface area (Å²) in [6, 6.07) is 11.5. The van der Waals surface area contributed by atoms with Crippen molar-refractivity contribution in [2.75, 3.05) is 5.32 Å². The molecule has 0 aliphatic rings. The number of thioether (sulfide) groups is 1. The summed E-state index contributed by atoms with van der Waals surface area (Å²) < 4.78 is 0. The number of thiophene rings is 1. The van der Waals surface area contributed by atoms with Gasteiger partial charge in [0, 0.05) is 11.4 Å². The molecule has 106 valence electrons. The Morgan fingerprint density at radius 1 is 1.29 bits per heavy atom. The summed E-state index contributed by atoms with van der Waals surface area (Å²) in [5, 5.41) is 12.2. The molecular weight excluding hydrogens is 304 g/mol. The standard InChI is InChI=1S/C14H12N4OS2/c19-13(12-2-1-7-20-12)17-11-5-3-10(4-6-11)8-21-14-15-9-16-18-14/h1-7,9H,8H2,(H,17,19)(H,15,16,18). The van der Waals surface area contributed by atoms with Gasteiger partial charge in [-0.3, -0.25) is 9.89 Å². The van der Waals surface area contributed by atoms with Crippen LogP contribution in [0.4, 0.5) is 5.69 Å². The third-order valence-electron chi connectivity index (χ3n) is 2.73. The molecule has 5 nitrogen and oxygen atoms in total. The fourth-order valence-electron chi connectivity index (χ4n) is 1.70. The number of carbonyl (C=O) groups is 1. The highest BCUT2D eigenvalue weighted by molar-refractivity contribution is 7.98. The van der Waals surface area contributed by atoms with Gasteiger partial charge in [-0.25, -0.2) is 4.98 Å². The van der Waals surface area contributed by atoms with Gasteiger partial charge < -0.3 is 5.32 Å². The molecule has 2 N–H and O–H groups in total. The predicted molar refractivity (Wildman–Crippen MR) is 84.7 cm³/mol. The molecule has 1 aromatic carbocycles. The van der Waals surface area contributed by atoms with E-state index in [0.717, 1.165) is 22.2 Å². The zero-order valence-corrected chi connectivity index (χ0v) is 12.6. The zero-order valence-electron chi connectivity index (χ0n) is 10.9.